The second kappa shape index (κ2) is 9.84. The van der Waals surface area contributed by atoms with Gasteiger partial charge in [0, 0.05) is 18.1 Å². The van der Waals surface area contributed by atoms with E-state index >= 15 is 0 Å². The molecule has 1 saturated carbocycles. The predicted octanol–water partition coefficient (Wildman–Crippen LogP) is 5.31. The molecular weight excluding hydrogens is 390 g/mol. The van der Waals surface area contributed by atoms with Gasteiger partial charge in [-0.1, -0.05) is 54.6 Å². The lowest BCUT2D eigenvalue weighted by atomic mass is 9.91. The van der Waals surface area contributed by atoms with Crippen LogP contribution in [0.1, 0.15) is 52.5 Å². The molecule has 1 aliphatic carbocycles. The third kappa shape index (κ3) is 6.81. The van der Waals surface area contributed by atoms with Gasteiger partial charge in [-0.15, -0.1) is 0 Å². The van der Waals surface area contributed by atoms with Crippen LogP contribution in [-0.2, 0) is 15.9 Å². The van der Waals surface area contributed by atoms with Crippen molar-refractivity contribution in [1.82, 2.24) is 5.32 Å². The maximum absolute atomic E-state index is 12.5. The molecule has 3 rings (SSSR count). The number of nitrogens with one attached hydrogen (secondary N) is 1. The van der Waals surface area contributed by atoms with Gasteiger partial charge >= 0.3 is 6.09 Å². The first-order chi connectivity index (χ1) is 14.7. The fraction of sp³-hybridized carbons (Fsp3) is 0.500. The lowest BCUT2D eigenvalue weighted by Gasteiger charge is -2.29. The van der Waals surface area contributed by atoms with Gasteiger partial charge in [-0.25, -0.2) is 4.79 Å². The van der Waals surface area contributed by atoms with Crippen LogP contribution in [0.25, 0.3) is 11.1 Å². The first kappa shape index (κ1) is 23.3. The minimum absolute atomic E-state index is 0.157. The Labute approximate surface area is 185 Å². The van der Waals surface area contributed by atoms with Gasteiger partial charge in [0.05, 0.1) is 0 Å². The van der Waals surface area contributed by atoms with Crippen molar-refractivity contribution in [1.29, 1.82) is 0 Å². The van der Waals surface area contributed by atoms with E-state index in [9.17, 15) is 9.90 Å². The molecule has 2 unspecified atom stereocenters. The number of carbonyl (C=O) groups excluding carboxylic acids is 1. The molecule has 0 heterocycles. The maximum atomic E-state index is 12.5. The van der Waals surface area contributed by atoms with Gasteiger partial charge in [0.15, 0.2) is 6.29 Å². The molecule has 0 radical (unpaired) electrons. The van der Waals surface area contributed by atoms with Crippen LogP contribution in [0.5, 0.6) is 0 Å². The summed E-state index contributed by atoms with van der Waals surface area (Å²) in [6.45, 7) is 7.90. The summed E-state index contributed by atoms with van der Waals surface area (Å²) in [6, 6.07) is 18.5. The van der Waals surface area contributed by atoms with E-state index in [1.807, 2.05) is 45.9 Å². The molecule has 0 saturated heterocycles. The summed E-state index contributed by atoms with van der Waals surface area (Å²) in [5, 5.41) is 13.5. The van der Waals surface area contributed by atoms with Gasteiger partial charge < -0.3 is 19.9 Å². The highest BCUT2D eigenvalue weighted by molar-refractivity contribution is 5.68. The molecule has 2 aromatic rings. The van der Waals surface area contributed by atoms with Gasteiger partial charge in [-0.05, 0) is 70.1 Å². The zero-order valence-corrected chi connectivity index (χ0v) is 19.1. The second-order valence-electron chi connectivity index (χ2n) is 9.48. The Bertz CT molecular complexity index is 838. The van der Waals surface area contributed by atoms with Crippen LogP contribution in [0.4, 0.5) is 4.79 Å². The number of hydrogen-bond acceptors (Lipinski definition) is 4. The first-order valence-corrected chi connectivity index (χ1v) is 11.1. The normalized spacial score (nSPS) is 16.9. The second-order valence-corrected chi connectivity index (χ2v) is 9.48. The fourth-order valence-electron chi connectivity index (χ4n) is 3.93. The molecule has 5 nitrogen and oxygen atoms in total. The minimum atomic E-state index is -0.805. The molecule has 2 N–H and O–H groups in total. The zero-order valence-electron chi connectivity index (χ0n) is 19.1. The summed E-state index contributed by atoms with van der Waals surface area (Å²) in [5.41, 5.74) is 2.61. The van der Waals surface area contributed by atoms with Crippen LogP contribution in [-0.4, -0.2) is 35.7 Å². The molecule has 1 amide bonds. The van der Waals surface area contributed by atoms with Crippen molar-refractivity contribution in [3.05, 3.63) is 60.2 Å². The molecule has 0 spiro atoms. The number of aliphatic hydroxyl groups is 1. The van der Waals surface area contributed by atoms with Gasteiger partial charge in [0.2, 0.25) is 0 Å². The van der Waals surface area contributed by atoms with E-state index < -0.39 is 18.0 Å². The predicted molar refractivity (Wildman–Crippen MR) is 123 cm³/mol. The Morgan fingerprint density at radius 3 is 2.23 bits per heavy atom. The van der Waals surface area contributed by atoms with E-state index in [0.29, 0.717) is 19.4 Å². The van der Waals surface area contributed by atoms with E-state index in [4.69, 9.17) is 9.47 Å². The van der Waals surface area contributed by atoms with Gasteiger partial charge in [0.25, 0.3) is 0 Å². The summed E-state index contributed by atoms with van der Waals surface area (Å²) in [4.78, 5) is 12.5. The van der Waals surface area contributed by atoms with Crippen LogP contribution in [0.3, 0.4) is 0 Å². The summed E-state index contributed by atoms with van der Waals surface area (Å²) in [6.07, 6.45) is 1.87. The van der Waals surface area contributed by atoms with Crippen LogP contribution < -0.4 is 5.32 Å². The lowest BCUT2D eigenvalue weighted by Crippen LogP contribution is -2.43. The number of ether oxygens (including phenoxy) is 2. The summed E-state index contributed by atoms with van der Waals surface area (Å²) >= 11 is 0. The lowest BCUT2D eigenvalue weighted by molar-refractivity contribution is -0.143. The number of aliphatic hydroxyl groups excluding tert-OH is 1. The third-order valence-corrected chi connectivity index (χ3v) is 5.66. The molecule has 2 atom stereocenters. The van der Waals surface area contributed by atoms with Crippen LogP contribution in [0.15, 0.2) is 54.6 Å². The molecule has 31 heavy (non-hydrogen) atoms. The Morgan fingerprint density at radius 2 is 1.68 bits per heavy atom. The molecule has 0 aliphatic heterocycles. The van der Waals surface area contributed by atoms with Crippen LogP contribution >= 0.6 is 0 Å². The van der Waals surface area contributed by atoms with Crippen molar-refractivity contribution >= 4 is 6.09 Å². The Kier molecular flexibility index (Phi) is 7.39. The number of amides is 1. The number of hydrogen-bond donors (Lipinski definition) is 2. The Hall–Kier alpha value is -2.37. The van der Waals surface area contributed by atoms with Gasteiger partial charge in [-0.2, -0.15) is 0 Å². The van der Waals surface area contributed by atoms with Crippen molar-refractivity contribution in [2.45, 2.75) is 71.3 Å². The topological polar surface area (TPSA) is 67.8 Å². The van der Waals surface area contributed by atoms with E-state index in [0.717, 1.165) is 24.0 Å². The van der Waals surface area contributed by atoms with Crippen LogP contribution in [0, 0.1) is 5.41 Å². The van der Waals surface area contributed by atoms with Crippen molar-refractivity contribution in [2.24, 2.45) is 5.41 Å². The number of alkyl carbamates (subject to hydrolysis) is 1. The first-order valence-electron chi connectivity index (χ1n) is 11.1. The number of carbonyl (C=O) groups is 1. The van der Waals surface area contributed by atoms with Crippen molar-refractivity contribution in [3.8, 4) is 11.1 Å². The highest BCUT2D eigenvalue weighted by atomic mass is 16.6. The van der Waals surface area contributed by atoms with Crippen LogP contribution in [0.2, 0.25) is 0 Å². The Morgan fingerprint density at radius 1 is 1.06 bits per heavy atom. The average Bonchev–Trinajstić information content (AvgIpc) is 3.48. The van der Waals surface area contributed by atoms with E-state index in [2.05, 4.69) is 41.7 Å². The van der Waals surface area contributed by atoms with Crippen molar-refractivity contribution < 1.29 is 19.4 Å². The highest BCUT2D eigenvalue weighted by Crippen LogP contribution is 2.53. The zero-order chi connectivity index (χ0) is 22.5. The molecule has 5 heteroatoms. The molecule has 0 bridgehead atoms. The van der Waals surface area contributed by atoms with E-state index in [1.54, 1.807) is 0 Å². The van der Waals surface area contributed by atoms with Gasteiger partial charge in [0.1, 0.15) is 5.60 Å². The number of benzene rings is 2. The molecule has 1 fully saturated rings. The third-order valence-electron chi connectivity index (χ3n) is 5.66. The van der Waals surface area contributed by atoms with Crippen molar-refractivity contribution in [3.63, 3.8) is 0 Å². The SMILES string of the molecule is CCOC(O)C1(CC(Cc2ccc(-c3ccccc3)cc2)NC(=O)OC(C)(C)C)CC1. The molecule has 2 aromatic carbocycles. The summed E-state index contributed by atoms with van der Waals surface area (Å²) in [7, 11) is 0. The minimum Gasteiger partial charge on any atom is -0.444 e. The molecule has 1 aliphatic rings. The quantitative estimate of drug-likeness (QED) is 0.534. The standard InChI is InChI=1S/C26H35NO4/c1-5-30-23(28)26(15-16-26)18-22(27-24(29)31-25(2,3)4)17-19-11-13-21(14-12-19)20-9-7-6-8-10-20/h6-14,22-23,28H,5,15-18H2,1-4H3,(H,27,29). The largest absolute Gasteiger partial charge is 0.444 e. The number of rotatable bonds is 9. The molecule has 168 valence electrons. The Balaban J connectivity index is 1.72. The average molecular weight is 426 g/mol. The van der Waals surface area contributed by atoms with Crippen molar-refractivity contribution in [2.75, 3.05) is 6.61 Å². The highest BCUT2D eigenvalue weighted by Gasteiger charge is 2.51. The molecular formula is C26H35NO4. The van der Waals surface area contributed by atoms with E-state index in [1.165, 1.54) is 5.56 Å². The molecule has 0 aromatic heterocycles. The smallest absolute Gasteiger partial charge is 0.407 e. The monoisotopic (exact) mass is 425 g/mol. The fourth-order valence-corrected chi connectivity index (χ4v) is 3.93. The van der Waals surface area contributed by atoms with Gasteiger partial charge in [-0.3, -0.25) is 0 Å². The van der Waals surface area contributed by atoms with E-state index in [-0.39, 0.29) is 11.5 Å². The maximum Gasteiger partial charge on any atom is 0.407 e. The summed E-state index contributed by atoms with van der Waals surface area (Å²) in [5.74, 6) is 0. The summed E-state index contributed by atoms with van der Waals surface area (Å²) < 4.78 is 11.0.